The van der Waals surface area contributed by atoms with Crippen molar-refractivity contribution in [2.75, 3.05) is 44.2 Å². The Hall–Kier alpha value is -2.18. The number of aromatic nitrogens is 1. The van der Waals surface area contributed by atoms with Crippen LogP contribution in [-0.2, 0) is 11.3 Å². The van der Waals surface area contributed by atoms with E-state index in [4.69, 9.17) is 4.74 Å². The Balaban J connectivity index is 1.34. The molecular weight excluding hydrogens is 369 g/mol. The lowest BCUT2D eigenvalue weighted by Crippen LogP contribution is -2.48. The van der Waals surface area contributed by atoms with Crippen molar-refractivity contribution in [1.29, 1.82) is 0 Å². The van der Waals surface area contributed by atoms with E-state index in [9.17, 15) is 9.18 Å². The second kappa shape index (κ2) is 8.67. The number of piperazine rings is 1. The third kappa shape index (κ3) is 4.54. The molecule has 2 aliphatic rings. The zero-order valence-electron chi connectivity index (χ0n) is 17.4. The first-order valence-electron chi connectivity index (χ1n) is 10.6. The smallest absolute Gasteiger partial charge is 0.178 e. The Morgan fingerprint density at radius 3 is 2.52 bits per heavy atom. The summed E-state index contributed by atoms with van der Waals surface area (Å²) in [6, 6.07) is 8.66. The highest BCUT2D eigenvalue weighted by Crippen LogP contribution is 2.22. The van der Waals surface area contributed by atoms with E-state index in [-0.39, 0.29) is 17.7 Å². The van der Waals surface area contributed by atoms with E-state index in [1.54, 1.807) is 0 Å². The molecule has 3 heterocycles. The molecule has 2 aliphatic heterocycles. The molecule has 0 aliphatic carbocycles. The molecule has 2 aromatic rings. The van der Waals surface area contributed by atoms with Crippen molar-refractivity contribution in [1.82, 2.24) is 9.47 Å². The van der Waals surface area contributed by atoms with Crippen molar-refractivity contribution in [3.8, 4) is 0 Å². The number of hydrogen-bond donors (Lipinski definition) is 0. The van der Waals surface area contributed by atoms with Gasteiger partial charge in [-0.15, -0.1) is 0 Å². The second-order valence-electron chi connectivity index (χ2n) is 8.19. The van der Waals surface area contributed by atoms with Gasteiger partial charge < -0.3 is 14.2 Å². The van der Waals surface area contributed by atoms with E-state index in [1.807, 2.05) is 25.1 Å². The molecule has 1 aromatic heterocycles. The van der Waals surface area contributed by atoms with Crippen molar-refractivity contribution in [3.63, 3.8) is 0 Å². The first kappa shape index (κ1) is 20.1. The Kier molecular flexibility index (Phi) is 6.01. The molecule has 5 nitrogen and oxygen atoms in total. The van der Waals surface area contributed by atoms with Gasteiger partial charge in [0.05, 0.1) is 12.6 Å². The highest BCUT2D eigenvalue weighted by atomic mass is 19.1. The van der Waals surface area contributed by atoms with E-state index in [0.717, 1.165) is 74.8 Å². The number of hydrogen-bond acceptors (Lipinski definition) is 4. The summed E-state index contributed by atoms with van der Waals surface area (Å²) in [6.07, 6.45) is 2.49. The Labute approximate surface area is 172 Å². The molecule has 0 unspecified atom stereocenters. The minimum atomic E-state index is -0.213. The predicted molar refractivity (Wildman–Crippen MR) is 112 cm³/mol. The fourth-order valence-electron chi connectivity index (χ4n) is 4.46. The van der Waals surface area contributed by atoms with Crippen LogP contribution in [0.3, 0.4) is 0 Å². The van der Waals surface area contributed by atoms with Gasteiger partial charge in [-0.1, -0.05) is 0 Å². The number of aryl methyl sites for hydroxylation is 1. The van der Waals surface area contributed by atoms with Crippen molar-refractivity contribution in [3.05, 3.63) is 53.1 Å². The molecule has 4 rings (SSSR count). The molecule has 0 N–H and O–H groups in total. The van der Waals surface area contributed by atoms with Gasteiger partial charge in [0.2, 0.25) is 0 Å². The SMILES string of the molecule is Cc1cc(C(=O)CN2CCN(c3ccc(F)cc3)CC2)c(C)n1C[C@@H]1CCCO1. The number of nitrogens with zero attached hydrogens (tertiary/aromatic N) is 3. The molecule has 0 amide bonds. The van der Waals surface area contributed by atoms with Gasteiger partial charge in [0.25, 0.3) is 0 Å². The predicted octanol–water partition coefficient (Wildman–Crippen LogP) is 3.43. The zero-order valence-corrected chi connectivity index (χ0v) is 17.4. The molecule has 1 atom stereocenters. The molecular formula is C23H30FN3O2. The summed E-state index contributed by atoms with van der Waals surface area (Å²) in [5.74, 6) is -0.0259. The third-order valence-corrected chi connectivity index (χ3v) is 6.22. The summed E-state index contributed by atoms with van der Waals surface area (Å²) < 4.78 is 21.1. The summed E-state index contributed by atoms with van der Waals surface area (Å²) in [5, 5.41) is 0. The van der Waals surface area contributed by atoms with Gasteiger partial charge in [-0.25, -0.2) is 4.39 Å². The first-order valence-corrected chi connectivity index (χ1v) is 10.6. The molecule has 2 saturated heterocycles. The van der Waals surface area contributed by atoms with Crippen LogP contribution in [0.4, 0.5) is 10.1 Å². The van der Waals surface area contributed by atoms with Crippen LogP contribution in [0.15, 0.2) is 30.3 Å². The van der Waals surface area contributed by atoms with E-state index in [0.29, 0.717) is 6.54 Å². The van der Waals surface area contributed by atoms with Crippen LogP contribution in [0.1, 0.15) is 34.6 Å². The highest BCUT2D eigenvalue weighted by molar-refractivity contribution is 5.99. The largest absolute Gasteiger partial charge is 0.376 e. The number of carbonyl (C=O) groups is 1. The van der Waals surface area contributed by atoms with Crippen LogP contribution in [-0.4, -0.2) is 60.7 Å². The van der Waals surface area contributed by atoms with Crippen molar-refractivity contribution >= 4 is 11.5 Å². The number of rotatable bonds is 6. The summed E-state index contributed by atoms with van der Waals surface area (Å²) in [6.45, 7) is 9.59. The molecule has 0 spiro atoms. The van der Waals surface area contributed by atoms with E-state index >= 15 is 0 Å². The maximum absolute atomic E-state index is 13.1. The van der Waals surface area contributed by atoms with E-state index in [1.165, 1.54) is 12.1 Å². The van der Waals surface area contributed by atoms with Gasteiger partial charge in [-0.3, -0.25) is 9.69 Å². The molecule has 2 fully saturated rings. The lowest BCUT2D eigenvalue weighted by molar-refractivity contribution is 0.0918. The monoisotopic (exact) mass is 399 g/mol. The van der Waals surface area contributed by atoms with Gasteiger partial charge in [0, 0.05) is 62.0 Å². The number of anilines is 1. The molecule has 0 radical (unpaired) electrons. The number of carbonyl (C=O) groups excluding carboxylic acids is 1. The summed E-state index contributed by atoms with van der Waals surface area (Å²) in [7, 11) is 0. The standard InChI is InChI=1S/C23H30FN3O2/c1-17-14-22(18(2)27(17)15-21-4-3-13-29-21)23(28)16-25-9-11-26(12-10-25)20-7-5-19(24)6-8-20/h5-8,14,21H,3-4,9-13,15-16H2,1-2H3/t21-/m0/s1. The number of Topliss-reactive ketones (excluding diaryl/α,β-unsaturated/α-hetero) is 1. The highest BCUT2D eigenvalue weighted by Gasteiger charge is 2.24. The molecule has 0 saturated carbocycles. The van der Waals surface area contributed by atoms with Gasteiger partial charge in [0.15, 0.2) is 5.78 Å². The van der Waals surface area contributed by atoms with Gasteiger partial charge >= 0.3 is 0 Å². The number of ether oxygens (including phenoxy) is 1. The molecule has 0 bridgehead atoms. The van der Waals surface area contributed by atoms with Crippen molar-refractivity contribution < 1.29 is 13.9 Å². The van der Waals surface area contributed by atoms with E-state index < -0.39 is 0 Å². The third-order valence-electron chi connectivity index (χ3n) is 6.22. The lowest BCUT2D eigenvalue weighted by Gasteiger charge is -2.35. The molecule has 6 heteroatoms. The van der Waals surface area contributed by atoms with Crippen LogP contribution in [0, 0.1) is 19.7 Å². The second-order valence-corrected chi connectivity index (χ2v) is 8.19. The minimum absolute atomic E-state index is 0.187. The quantitative estimate of drug-likeness (QED) is 0.698. The van der Waals surface area contributed by atoms with Crippen molar-refractivity contribution in [2.45, 2.75) is 39.3 Å². The van der Waals surface area contributed by atoms with Crippen LogP contribution in [0.25, 0.3) is 0 Å². The maximum Gasteiger partial charge on any atom is 0.178 e. The molecule has 156 valence electrons. The van der Waals surface area contributed by atoms with Gasteiger partial charge in [-0.2, -0.15) is 0 Å². The Morgan fingerprint density at radius 1 is 1.14 bits per heavy atom. The normalized spacial score (nSPS) is 20.4. The summed E-state index contributed by atoms with van der Waals surface area (Å²) >= 11 is 0. The summed E-state index contributed by atoms with van der Waals surface area (Å²) in [5.41, 5.74) is 4.05. The molecule has 1 aromatic carbocycles. The fourth-order valence-corrected chi connectivity index (χ4v) is 4.46. The maximum atomic E-state index is 13.1. The summed E-state index contributed by atoms with van der Waals surface area (Å²) in [4.78, 5) is 17.4. The number of ketones is 1. The topological polar surface area (TPSA) is 37.7 Å². The first-order chi connectivity index (χ1) is 14.0. The number of halogens is 1. The molecule has 29 heavy (non-hydrogen) atoms. The number of benzene rings is 1. The Bertz CT molecular complexity index is 848. The average Bonchev–Trinajstić information content (AvgIpc) is 3.33. The minimum Gasteiger partial charge on any atom is -0.376 e. The zero-order chi connectivity index (χ0) is 20.4. The van der Waals surface area contributed by atoms with Crippen LogP contribution >= 0.6 is 0 Å². The van der Waals surface area contributed by atoms with E-state index in [2.05, 4.69) is 21.3 Å². The average molecular weight is 400 g/mol. The Morgan fingerprint density at radius 2 is 1.86 bits per heavy atom. The van der Waals surface area contributed by atoms with Gasteiger partial charge in [-0.05, 0) is 57.0 Å². The van der Waals surface area contributed by atoms with Crippen LogP contribution in [0.5, 0.6) is 0 Å². The lowest BCUT2D eigenvalue weighted by atomic mass is 10.1. The van der Waals surface area contributed by atoms with Gasteiger partial charge in [0.1, 0.15) is 5.82 Å². The van der Waals surface area contributed by atoms with Crippen LogP contribution < -0.4 is 4.90 Å². The van der Waals surface area contributed by atoms with Crippen LogP contribution in [0.2, 0.25) is 0 Å². The fraction of sp³-hybridized carbons (Fsp3) is 0.522. The van der Waals surface area contributed by atoms with Crippen molar-refractivity contribution in [2.24, 2.45) is 0 Å².